The van der Waals surface area contributed by atoms with E-state index in [1.54, 1.807) is 16.2 Å². The Balaban J connectivity index is 1.72. The number of rotatable bonds is 4. The van der Waals surface area contributed by atoms with Gasteiger partial charge >= 0.3 is 0 Å². The van der Waals surface area contributed by atoms with Crippen LogP contribution in [-0.4, -0.2) is 22.9 Å². The van der Waals surface area contributed by atoms with Gasteiger partial charge in [-0.1, -0.05) is 29.5 Å². The van der Waals surface area contributed by atoms with Crippen molar-refractivity contribution < 1.29 is 4.90 Å². The van der Waals surface area contributed by atoms with Crippen molar-refractivity contribution in [3.63, 3.8) is 0 Å². The Bertz CT molecular complexity index is 656. The van der Waals surface area contributed by atoms with Gasteiger partial charge in [0.2, 0.25) is 5.13 Å². The quantitative estimate of drug-likeness (QED) is 0.850. The van der Waals surface area contributed by atoms with Crippen LogP contribution in [0.15, 0.2) is 24.3 Å². The standard InChI is InChI=1S/C15H20N4S2/c1-12-7-3-4-8-13(12)16-14-17-19(15(20)21-14)11-18-9-5-2-6-10-18/h3-4,7-8H,2,5-6,9-11H2,1H3,(H,16,17)/p+1. The van der Waals surface area contributed by atoms with Crippen molar-refractivity contribution in [3.05, 3.63) is 33.8 Å². The predicted octanol–water partition coefficient (Wildman–Crippen LogP) is 2.75. The van der Waals surface area contributed by atoms with E-state index in [-0.39, 0.29) is 0 Å². The zero-order valence-corrected chi connectivity index (χ0v) is 13.9. The van der Waals surface area contributed by atoms with Gasteiger partial charge in [-0.3, -0.25) is 0 Å². The molecule has 3 rings (SSSR count). The lowest BCUT2D eigenvalue weighted by atomic mass is 10.1. The molecular weight excluding hydrogens is 300 g/mol. The number of anilines is 2. The second kappa shape index (κ2) is 6.68. The number of nitrogens with zero attached hydrogens (tertiary/aromatic N) is 2. The number of quaternary nitrogens is 1. The van der Waals surface area contributed by atoms with Gasteiger partial charge in [-0.15, -0.1) is 5.10 Å². The second-order valence-corrected chi connectivity index (χ2v) is 7.20. The fourth-order valence-corrected chi connectivity index (χ4v) is 3.73. The van der Waals surface area contributed by atoms with E-state index in [1.807, 2.05) is 16.8 Å². The molecule has 6 heteroatoms. The maximum atomic E-state index is 5.46. The van der Waals surface area contributed by atoms with Crippen molar-refractivity contribution in [2.75, 3.05) is 18.4 Å². The first kappa shape index (κ1) is 14.7. The van der Waals surface area contributed by atoms with Crippen molar-refractivity contribution in [2.45, 2.75) is 32.9 Å². The van der Waals surface area contributed by atoms with E-state index in [9.17, 15) is 0 Å². The van der Waals surface area contributed by atoms with Crippen LogP contribution in [0.4, 0.5) is 10.8 Å². The molecule has 1 aliphatic rings. The molecule has 1 saturated heterocycles. The van der Waals surface area contributed by atoms with Crippen LogP contribution in [0.3, 0.4) is 0 Å². The third-order valence-corrected chi connectivity index (χ3v) is 5.15. The van der Waals surface area contributed by atoms with Crippen LogP contribution in [0.5, 0.6) is 0 Å². The number of benzene rings is 1. The van der Waals surface area contributed by atoms with Crippen molar-refractivity contribution in [3.8, 4) is 0 Å². The van der Waals surface area contributed by atoms with Crippen molar-refractivity contribution in [1.82, 2.24) is 9.78 Å². The zero-order valence-electron chi connectivity index (χ0n) is 12.3. The minimum atomic E-state index is 0.851. The molecule has 21 heavy (non-hydrogen) atoms. The average Bonchev–Trinajstić information content (AvgIpc) is 2.82. The SMILES string of the molecule is Cc1ccccc1Nc1nn(C[NH+]2CCCCC2)c(=S)s1. The first-order valence-corrected chi connectivity index (χ1v) is 8.69. The Kier molecular flexibility index (Phi) is 4.67. The summed E-state index contributed by atoms with van der Waals surface area (Å²) >= 11 is 7.00. The van der Waals surface area contributed by atoms with Gasteiger partial charge in [-0.2, -0.15) is 4.68 Å². The number of likely N-dealkylation sites (tertiary alicyclic amines) is 1. The Morgan fingerprint density at radius 2 is 2.05 bits per heavy atom. The lowest BCUT2D eigenvalue weighted by Crippen LogP contribution is -3.12. The second-order valence-electron chi connectivity index (χ2n) is 5.58. The van der Waals surface area contributed by atoms with Crippen LogP contribution in [0.1, 0.15) is 24.8 Å². The summed E-state index contributed by atoms with van der Waals surface area (Å²) in [6, 6.07) is 8.24. The molecule has 2 aromatic rings. The summed E-state index contributed by atoms with van der Waals surface area (Å²) < 4.78 is 2.82. The fraction of sp³-hybridized carbons (Fsp3) is 0.467. The Labute approximate surface area is 134 Å². The molecular formula is C15H21N4S2+. The maximum Gasteiger partial charge on any atom is 0.209 e. The molecule has 2 N–H and O–H groups in total. The van der Waals surface area contributed by atoms with Gasteiger partial charge in [-0.05, 0) is 50.0 Å². The summed E-state index contributed by atoms with van der Waals surface area (Å²) in [4.78, 5) is 1.59. The van der Waals surface area contributed by atoms with E-state index in [0.29, 0.717) is 0 Å². The molecule has 0 bridgehead atoms. The number of hydrogen-bond acceptors (Lipinski definition) is 4. The smallest absolute Gasteiger partial charge is 0.209 e. The Morgan fingerprint density at radius 3 is 2.81 bits per heavy atom. The molecule has 112 valence electrons. The molecule has 0 amide bonds. The van der Waals surface area contributed by atoms with Crippen molar-refractivity contribution in [1.29, 1.82) is 0 Å². The highest BCUT2D eigenvalue weighted by Gasteiger charge is 2.15. The molecule has 0 saturated carbocycles. The molecule has 1 aromatic heterocycles. The van der Waals surface area contributed by atoms with Crippen molar-refractivity contribution >= 4 is 34.4 Å². The van der Waals surface area contributed by atoms with Gasteiger partial charge < -0.3 is 10.2 Å². The first-order chi connectivity index (χ1) is 10.2. The van der Waals surface area contributed by atoms with Gasteiger partial charge in [0, 0.05) is 5.69 Å². The molecule has 1 fully saturated rings. The summed E-state index contributed by atoms with van der Waals surface area (Å²) in [5, 5.41) is 8.90. The fourth-order valence-electron chi connectivity index (χ4n) is 2.71. The molecule has 0 atom stereocenters. The monoisotopic (exact) mass is 321 g/mol. The van der Waals surface area contributed by atoms with E-state index in [4.69, 9.17) is 12.2 Å². The predicted molar refractivity (Wildman–Crippen MR) is 89.9 cm³/mol. The van der Waals surface area contributed by atoms with Crippen LogP contribution in [-0.2, 0) is 6.67 Å². The lowest BCUT2D eigenvalue weighted by molar-refractivity contribution is -0.928. The van der Waals surface area contributed by atoms with Crippen LogP contribution in [0, 0.1) is 10.9 Å². The number of nitrogens with one attached hydrogen (secondary N) is 2. The Hall–Kier alpha value is -1.24. The molecule has 4 nitrogen and oxygen atoms in total. The highest BCUT2D eigenvalue weighted by atomic mass is 32.1. The van der Waals surface area contributed by atoms with E-state index in [2.05, 4.69) is 29.5 Å². The summed E-state index contributed by atoms with van der Waals surface area (Å²) in [6.45, 7) is 5.46. The van der Waals surface area contributed by atoms with Gasteiger partial charge in [0.15, 0.2) is 10.6 Å². The van der Waals surface area contributed by atoms with Crippen molar-refractivity contribution in [2.24, 2.45) is 0 Å². The molecule has 0 aliphatic carbocycles. The van der Waals surface area contributed by atoms with E-state index in [1.165, 1.54) is 37.9 Å². The van der Waals surface area contributed by atoms with E-state index < -0.39 is 0 Å². The normalized spacial score (nSPS) is 16.0. The maximum absolute atomic E-state index is 5.46. The van der Waals surface area contributed by atoms with Gasteiger partial charge in [0.1, 0.15) is 0 Å². The van der Waals surface area contributed by atoms with Crippen LogP contribution < -0.4 is 10.2 Å². The summed E-state index contributed by atoms with van der Waals surface area (Å²) in [5.74, 6) is 0. The third kappa shape index (κ3) is 3.70. The molecule has 0 radical (unpaired) electrons. The lowest BCUT2D eigenvalue weighted by Gasteiger charge is -2.22. The molecule has 1 aromatic carbocycles. The highest BCUT2D eigenvalue weighted by Crippen LogP contribution is 2.22. The number of aromatic nitrogens is 2. The largest absolute Gasteiger partial charge is 0.330 e. The van der Waals surface area contributed by atoms with Crippen LogP contribution >= 0.6 is 23.6 Å². The molecule has 0 unspecified atom stereocenters. The topological polar surface area (TPSA) is 34.3 Å². The summed E-state index contributed by atoms with van der Waals surface area (Å²) in [6.07, 6.45) is 4.01. The molecule has 0 spiro atoms. The van der Waals surface area contributed by atoms with Crippen LogP contribution in [0.25, 0.3) is 0 Å². The number of aryl methyl sites for hydroxylation is 1. The molecule has 2 heterocycles. The van der Waals surface area contributed by atoms with E-state index >= 15 is 0 Å². The number of piperidine rings is 1. The average molecular weight is 321 g/mol. The van der Waals surface area contributed by atoms with Gasteiger partial charge in [0.25, 0.3) is 0 Å². The van der Waals surface area contributed by atoms with Gasteiger partial charge in [0.05, 0.1) is 13.1 Å². The minimum absolute atomic E-state index is 0.851. The van der Waals surface area contributed by atoms with E-state index in [0.717, 1.165) is 21.4 Å². The zero-order chi connectivity index (χ0) is 14.7. The molecule has 1 aliphatic heterocycles. The number of para-hydroxylation sites is 1. The van der Waals surface area contributed by atoms with Crippen LogP contribution in [0.2, 0.25) is 0 Å². The highest BCUT2D eigenvalue weighted by molar-refractivity contribution is 7.73. The number of hydrogen-bond donors (Lipinski definition) is 2. The minimum Gasteiger partial charge on any atom is -0.330 e. The third-order valence-electron chi connectivity index (χ3n) is 3.93. The Morgan fingerprint density at radius 1 is 1.29 bits per heavy atom. The summed E-state index contributed by atoms with van der Waals surface area (Å²) in [5.41, 5.74) is 2.31. The summed E-state index contributed by atoms with van der Waals surface area (Å²) in [7, 11) is 0. The van der Waals surface area contributed by atoms with Gasteiger partial charge in [-0.25, -0.2) is 0 Å². The first-order valence-electron chi connectivity index (χ1n) is 7.46.